The lowest BCUT2D eigenvalue weighted by Gasteiger charge is -2.17. The Morgan fingerprint density at radius 1 is 1.14 bits per heavy atom. The van der Waals surface area contributed by atoms with Gasteiger partial charge in [-0.15, -0.1) is 6.58 Å². The largest absolute Gasteiger partial charge is 0.299 e. The molecule has 1 aromatic carbocycles. The Labute approximate surface area is 126 Å². The number of hydrogen-bond donors (Lipinski definition) is 0. The Kier molecular flexibility index (Phi) is 6.73. The van der Waals surface area contributed by atoms with Gasteiger partial charge in [-0.1, -0.05) is 19.4 Å². The maximum Gasteiger partial charge on any atom is 0.136 e. The van der Waals surface area contributed by atoms with Crippen molar-refractivity contribution in [2.75, 3.05) is 0 Å². The van der Waals surface area contributed by atoms with E-state index in [4.69, 9.17) is 0 Å². The minimum Gasteiger partial charge on any atom is -0.299 e. The summed E-state index contributed by atoms with van der Waals surface area (Å²) in [6.07, 6.45) is 2.27. The zero-order valence-electron chi connectivity index (χ0n) is 13.1. The van der Waals surface area contributed by atoms with Gasteiger partial charge in [-0.05, 0) is 49.8 Å². The fourth-order valence-corrected chi connectivity index (χ4v) is 2.46. The summed E-state index contributed by atoms with van der Waals surface area (Å²) in [4.78, 5) is 12.3. The quantitative estimate of drug-likeness (QED) is 0.610. The third-order valence-corrected chi connectivity index (χ3v) is 3.36. The van der Waals surface area contributed by atoms with E-state index in [-0.39, 0.29) is 11.7 Å². The average Bonchev–Trinajstić information content (AvgIpc) is 2.31. The lowest BCUT2D eigenvalue weighted by Crippen LogP contribution is -2.18. The average molecular weight is 294 g/mol. The monoisotopic (exact) mass is 294 g/mol. The first kappa shape index (κ1) is 17.5. The Morgan fingerprint density at radius 2 is 1.71 bits per heavy atom. The highest BCUT2D eigenvalue weighted by molar-refractivity contribution is 5.81. The van der Waals surface area contributed by atoms with Gasteiger partial charge >= 0.3 is 0 Å². The zero-order valence-corrected chi connectivity index (χ0v) is 13.1. The molecule has 0 spiro atoms. The van der Waals surface area contributed by atoms with Crippen LogP contribution >= 0.6 is 0 Å². The summed E-state index contributed by atoms with van der Waals surface area (Å²) in [5, 5.41) is 0. The molecule has 0 aromatic heterocycles. The molecule has 0 amide bonds. The highest BCUT2D eigenvalue weighted by atomic mass is 19.1. The van der Waals surface area contributed by atoms with Crippen molar-refractivity contribution >= 4 is 5.78 Å². The van der Waals surface area contributed by atoms with Crippen LogP contribution in [0.4, 0.5) is 8.78 Å². The van der Waals surface area contributed by atoms with Crippen molar-refractivity contribution in [3.05, 3.63) is 47.5 Å². The number of ketones is 1. The van der Waals surface area contributed by atoms with Crippen LogP contribution < -0.4 is 0 Å². The molecule has 1 rings (SSSR count). The highest BCUT2D eigenvalue weighted by Gasteiger charge is 2.19. The number of carbonyl (C=O) groups excluding carboxylic acids is 1. The summed E-state index contributed by atoms with van der Waals surface area (Å²) in [6, 6.07) is 3.51. The van der Waals surface area contributed by atoms with Gasteiger partial charge in [0.15, 0.2) is 0 Å². The Hall–Kier alpha value is -1.51. The van der Waals surface area contributed by atoms with E-state index in [0.29, 0.717) is 37.2 Å². The second-order valence-electron chi connectivity index (χ2n) is 6.24. The fraction of sp³-hybridized carbons (Fsp3) is 0.500. The van der Waals surface area contributed by atoms with E-state index in [1.807, 2.05) is 20.8 Å². The van der Waals surface area contributed by atoms with Crippen molar-refractivity contribution in [1.29, 1.82) is 0 Å². The van der Waals surface area contributed by atoms with Crippen LogP contribution in [0.15, 0.2) is 30.4 Å². The van der Waals surface area contributed by atoms with Crippen LogP contribution in [0.3, 0.4) is 0 Å². The van der Waals surface area contributed by atoms with Crippen LogP contribution in [0.5, 0.6) is 0 Å². The normalized spacial score (nSPS) is 12.5. The van der Waals surface area contributed by atoms with E-state index >= 15 is 0 Å². The minimum atomic E-state index is -0.574. The number of aryl methyl sites for hydroxylation is 1. The Morgan fingerprint density at radius 3 is 2.19 bits per heavy atom. The standard InChI is InChI=1S/C18H24F2O/c1-12(2)7-15(18(21)8-13(3)4)6-5-14-9-16(19)11-17(20)10-14/h9-11,13,15H,1,5-8H2,2-4H3. The summed E-state index contributed by atoms with van der Waals surface area (Å²) in [5.41, 5.74) is 1.55. The van der Waals surface area contributed by atoms with Crippen molar-refractivity contribution in [3.8, 4) is 0 Å². The van der Waals surface area contributed by atoms with E-state index in [9.17, 15) is 13.6 Å². The molecule has 0 aliphatic carbocycles. The molecule has 3 heteroatoms. The van der Waals surface area contributed by atoms with Crippen molar-refractivity contribution in [1.82, 2.24) is 0 Å². The van der Waals surface area contributed by atoms with Crippen molar-refractivity contribution in [2.45, 2.75) is 46.5 Å². The van der Waals surface area contributed by atoms with E-state index < -0.39 is 11.6 Å². The van der Waals surface area contributed by atoms with Crippen molar-refractivity contribution in [2.24, 2.45) is 11.8 Å². The number of Topliss-reactive ketones (excluding diaryl/α,β-unsaturated/α-hetero) is 1. The number of hydrogen-bond acceptors (Lipinski definition) is 1. The maximum absolute atomic E-state index is 13.2. The first-order valence-corrected chi connectivity index (χ1v) is 7.40. The first-order chi connectivity index (χ1) is 9.77. The molecule has 0 aliphatic heterocycles. The highest BCUT2D eigenvalue weighted by Crippen LogP contribution is 2.22. The predicted octanol–water partition coefficient (Wildman–Crippen LogP) is 5.10. The summed E-state index contributed by atoms with van der Waals surface area (Å²) in [5.74, 6) is -0.734. The minimum absolute atomic E-state index is 0.115. The molecule has 0 bridgehead atoms. The molecule has 0 aliphatic rings. The van der Waals surface area contributed by atoms with Crippen LogP contribution in [0.1, 0.15) is 45.6 Å². The smallest absolute Gasteiger partial charge is 0.136 e. The third-order valence-electron chi connectivity index (χ3n) is 3.36. The van der Waals surface area contributed by atoms with E-state index in [0.717, 1.165) is 11.6 Å². The number of allylic oxidation sites excluding steroid dienone is 1. The summed E-state index contributed by atoms with van der Waals surface area (Å²) in [6.45, 7) is 9.79. The Balaban J connectivity index is 2.72. The van der Waals surface area contributed by atoms with Gasteiger partial charge in [0.05, 0.1) is 0 Å². The van der Waals surface area contributed by atoms with Crippen LogP contribution in [-0.2, 0) is 11.2 Å². The lowest BCUT2D eigenvalue weighted by atomic mass is 9.87. The van der Waals surface area contributed by atoms with Gasteiger partial charge in [0.25, 0.3) is 0 Å². The predicted molar refractivity (Wildman–Crippen MR) is 82.1 cm³/mol. The molecule has 1 unspecified atom stereocenters. The van der Waals surface area contributed by atoms with E-state index in [1.165, 1.54) is 12.1 Å². The fourth-order valence-electron chi connectivity index (χ4n) is 2.46. The zero-order chi connectivity index (χ0) is 16.0. The molecule has 0 saturated heterocycles. The molecule has 21 heavy (non-hydrogen) atoms. The van der Waals surface area contributed by atoms with Crippen molar-refractivity contribution < 1.29 is 13.6 Å². The number of carbonyl (C=O) groups is 1. The number of benzene rings is 1. The molecule has 0 N–H and O–H groups in total. The first-order valence-electron chi connectivity index (χ1n) is 7.40. The second kappa shape index (κ2) is 8.06. The van der Waals surface area contributed by atoms with Crippen LogP contribution in [0.25, 0.3) is 0 Å². The Bertz CT molecular complexity index is 486. The third kappa shape index (κ3) is 6.65. The van der Waals surface area contributed by atoms with Gasteiger partial charge in [0, 0.05) is 18.4 Å². The molecule has 1 aromatic rings. The molecule has 1 nitrogen and oxygen atoms in total. The van der Waals surface area contributed by atoms with Gasteiger partial charge in [-0.3, -0.25) is 4.79 Å². The number of halogens is 2. The van der Waals surface area contributed by atoms with Crippen LogP contribution in [0.2, 0.25) is 0 Å². The van der Waals surface area contributed by atoms with Gasteiger partial charge in [0.1, 0.15) is 17.4 Å². The maximum atomic E-state index is 13.2. The van der Waals surface area contributed by atoms with Crippen LogP contribution in [0, 0.1) is 23.5 Å². The topological polar surface area (TPSA) is 17.1 Å². The van der Waals surface area contributed by atoms with Crippen molar-refractivity contribution in [3.63, 3.8) is 0 Å². The van der Waals surface area contributed by atoms with Gasteiger partial charge in [-0.25, -0.2) is 8.78 Å². The lowest BCUT2D eigenvalue weighted by molar-refractivity contribution is -0.123. The molecule has 116 valence electrons. The van der Waals surface area contributed by atoms with Crippen LogP contribution in [-0.4, -0.2) is 5.78 Å². The second-order valence-corrected chi connectivity index (χ2v) is 6.24. The number of rotatable bonds is 8. The summed E-state index contributed by atoms with van der Waals surface area (Å²) in [7, 11) is 0. The molecular formula is C18H24F2O. The van der Waals surface area contributed by atoms with E-state index in [2.05, 4.69) is 6.58 Å². The molecule has 0 heterocycles. The molecule has 0 radical (unpaired) electrons. The molecule has 0 fully saturated rings. The SMILES string of the molecule is C=C(C)CC(CCc1cc(F)cc(F)c1)C(=O)CC(C)C. The van der Waals surface area contributed by atoms with Gasteiger partial charge in [0.2, 0.25) is 0 Å². The molecular weight excluding hydrogens is 270 g/mol. The van der Waals surface area contributed by atoms with E-state index in [1.54, 1.807) is 0 Å². The van der Waals surface area contributed by atoms with Gasteiger partial charge in [-0.2, -0.15) is 0 Å². The molecule has 0 saturated carbocycles. The molecule has 1 atom stereocenters. The van der Waals surface area contributed by atoms with Gasteiger partial charge < -0.3 is 0 Å². The summed E-state index contributed by atoms with van der Waals surface area (Å²) >= 11 is 0. The summed E-state index contributed by atoms with van der Waals surface area (Å²) < 4.78 is 26.3.